The van der Waals surface area contributed by atoms with Crippen molar-refractivity contribution >= 4 is 46.1 Å². The Bertz CT molecular complexity index is 1170. The third-order valence-electron chi connectivity index (χ3n) is 5.78. The number of carbonyl (C=O) groups excluding carboxylic acids is 1. The maximum absolute atomic E-state index is 13.4. The summed E-state index contributed by atoms with van der Waals surface area (Å²) in [5.41, 5.74) is 5.02. The third kappa shape index (κ3) is 4.54. The number of benzene rings is 1. The fourth-order valence-corrected chi connectivity index (χ4v) is 5.51. The molecule has 7 nitrogen and oxygen atoms in total. The number of aryl methyl sites for hydroxylation is 3. The van der Waals surface area contributed by atoms with Crippen molar-refractivity contribution < 1.29 is 4.79 Å². The van der Waals surface area contributed by atoms with E-state index in [4.69, 9.17) is 4.99 Å². The maximum Gasteiger partial charge on any atom is 0.253 e. The van der Waals surface area contributed by atoms with Gasteiger partial charge in [-0.1, -0.05) is 48.1 Å². The second-order valence-electron chi connectivity index (χ2n) is 7.94. The van der Waals surface area contributed by atoms with Crippen LogP contribution in [0.2, 0.25) is 0 Å². The quantitative estimate of drug-likeness (QED) is 0.486. The van der Waals surface area contributed by atoms with E-state index in [1.165, 1.54) is 17.3 Å². The van der Waals surface area contributed by atoms with E-state index in [0.29, 0.717) is 23.8 Å². The van der Waals surface area contributed by atoms with E-state index in [9.17, 15) is 4.79 Å². The number of hydrogen-bond acceptors (Lipinski definition) is 7. The zero-order valence-corrected chi connectivity index (χ0v) is 20.8. The Morgan fingerprint density at radius 1 is 1.22 bits per heavy atom. The molecule has 1 aliphatic rings. The summed E-state index contributed by atoms with van der Waals surface area (Å²) in [7, 11) is 0. The maximum atomic E-state index is 13.4. The monoisotopic (exact) mass is 468 g/mol. The zero-order valence-electron chi connectivity index (χ0n) is 19.1. The smallest absolute Gasteiger partial charge is 0.253 e. The van der Waals surface area contributed by atoms with E-state index in [-0.39, 0.29) is 11.9 Å². The van der Waals surface area contributed by atoms with Crippen molar-refractivity contribution in [3.05, 3.63) is 46.8 Å². The number of amides is 1. The Kier molecular flexibility index (Phi) is 6.85. The molecule has 32 heavy (non-hydrogen) atoms. The molecule has 9 heteroatoms. The molecule has 1 aliphatic heterocycles. The summed E-state index contributed by atoms with van der Waals surface area (Å²) in [5.74, 6) is 1.60. The lowest BCUT2D eigenvalue weighted by molar-refractivity contribution is -0.128. The molecular weight excluding hydrogens is 440 g/mol. The van der Waals surface area contributed by atoms with Crippen molar-refractivity contribution in [3.8, 4) is 0 Å². The van der Waals surface area contributed by atoms with Crippen LogP contribution in [-0.4, -0.2) is 53.6 Å². The number of aromatic nitrogens is 4. The number of hydrogen-bond donors (Lipinski definition) is 0. The number of carbonyl (C=O) groups is 1. The molecule has 0 N–H and O–H groups in total. The van der Waals surface area contributed by atoms with Crippen molar-refractivity contribution in [2.45, 2.75) is 58.2 Å². The van der Waals surface area contributed by atoms with Crippen molar-refractivity contribution in [3.63, 3.8) is 0 Å². The first-order valence-electron chi connectivity index (χ1n) is 10.8. The first-order valence-corrected chi connectivity index (χ1v) is 13.0. The van der Waals surface area contributed by atoms with E-state index >= 15 is 0 Å². The predicted octanol–water partition coefficient (Wildman–Crippen LogP) is 4.75. The van der Waals surface area contributed by atoms with Crippen LogP contribution in [-0.2, 0) is 11.2 Å². The molecule has 0 aliphatic carbocycles. The lowest BCUT2D eigenvalue weighted by Crippen LogP contribution is -2.39. The van der Waals surface area contributed by atoms with Gasteiger partial charge in [-0.25, -0.2) is 14.5 Å². The molecule has 4 rings (SSSR count). The number of aliphatic imine (C=N–C) groups is 1. The molecule has 0 saturated carbocycles. The van der Waals surface area contributed by atoms with Crippen LogP contribution < -0.4 is 0 Å². The van der Waals surface area contributed by atoms with Crippen LogP contribution in [0.25, 0.3) is 5.78 Å². The highest BCUT2D eigenvalue weighted by atomic mass is 32.2. The van der Waals surface area contributed by atoms with Crippen molar-refractivity contribution in [1.29, 1.82) is 0 Å². The van der Waals surface area contributed by atoms with Gasteiger partial charge < -0.3 is 0 Å². The van der Waals surface area contributed by atoms with Gasteiger partial charge in [0.1, 0.15) is 0 Å². The van der Waals surface area contributed by atoms with Gasteiger partial charge in [0.15, 0.2) is 5.17 Å². The minimum atomic E-state index is 0.106. The standard InChI is InChI=1S/C23H28N6OS2/c1-6-18-13-32-23(25-17-9-7-14(2)8-10-17)28(18)20(30)12-11-19-15(3)24-21-26-22(31-5)27-29(21)16(19)4/h7-10,18H,6,11-13H2,1-5H3. The summed E-state index contributed by atoms with van der Waals surface area (Å²) in [6.07, 6.45) is 3.88. The molecule has 1 fully saturated rings. The highest BCUT2D eigenvalue weighted by Gasteiger charge is 2.33. The number of fused-ring (bicyclic) bond motifs is 1. The predicted molar refractivity (Wildman–Crippen MR) is 132 cm³/mol. The zero-order chi connectivity index (χ0) is 22.8. The molecule has 2 aromatic heterocycles. The van der Waals surface area contributed by atoms with Crippen LogP contribution in [0.15, 0.2) is 34.4 Å². The molecular formula is C23H28N6OS2. The summed E-state index contributed by atoms with van der Waals surface area (Å²) in [6, 6.07) is 8.27. The van der Waals surface area contributed by atoms with Crippen LogP contribution in [0.5, 0.6) is 0 Å². The molecule has 1 saturated heterocycles. The molecule has 1 atom stereocenters. The van der Waals surface area contributed by atoms with Crippen LogP contribution in [0, 0.1) is 20.8 Å². The first-order chi connectivity index (χ1) is 15.4. The molecule has 0 bridgehead atoms. The van der Waals surface area contributed by atoms with E-state index in [2.05, 4.69) is 28.9 Å². The van der Waals surface area contributed by atoms with Gasteiger partial charge in [-0.15, -0.1) is 5.10 Å². The average Bonchev–Trinajstić information content (AvgIpc) is 3.38. The second kappa shape index (κ2) is 9.62. The summed E-state index contributed by atoms with van der Waals surface area (Å²) < 4.78 is 1.78. The molecule has 1 amide bonds. The SMILES string of the molecule is CCC1CSC(=Nc2ccc(C)cc2)N1C(=O)CCc1c(C)nc2nc(SC)nn2c1C. The Morgan fingerprint density at radius 3 is 2.66 bits per heavy atom. The molecule has 1 aromatic carbocycles. The Balaban J connectivity index is 1.56. The molecule has 1 unspecified atom stereocenters. The highest BCUT2D eigenvalue weighted by Crippen LogP contribution is 2.30. The Labute approximate surface area is 197 Å². The molecule has 3 heterocycles. The summed E-state index contributed by atoms with van der Waals surface area (Å²) in [5, 5.41) is 6.01. The molecule has 0 spiro atoms. The fourth-order valence-electron chi connectivity index (χ4n) is 3.89. The average molecular weight is 469 g/mol. The van der Waals surface area contributed by atoms with Gasteiger partial charge in [-0.2, -0.15) is 4.98 Å². The number of amidine groups is 1. The van der Waals surface area contributed by atoms with Gasteiger partial charge in [0.05, 0.1) is 5.69 Å². The van der Waals surface area contributed by atoms with E-state index in [1.54, 1.807) is 16.3 Å². The summed E-state index contributed by atoms with van der Waals surface area (Å²) in [4.78, 5) is 29.1. The third-order valence-corrected chi connectivity index (χ3v) is 7.41. The Hall–Kier alpha value is -2.39. The normalized spacial score (nSPS) is 17.6. The first kappa shape index (κ1) is 22.8. The molecule has 3 aromatic rings. The van der Waals surface area contributed by atoms with Crippen molar-refractivity contribution in [2.75, 3.05) is 12.0 Å². The number of thioether (sulfide) groups is 2. The van der Waals surface area contributed by atoms with E-state index in [1.807, 2.05) is 49.3 Å². The van der Waals surface area contributed by atoms with Gasteiger partial charge in [0, 0.05) is 29.6 Å². The van der Waals surface area contributed by atoms with Gasteiger partial charge in [0.2, 0.25) is 11.1 Å². The van der Waals surface area contributed by atoms with E-state index in [0.717, 1.165) is 40.0 Å². The minimum absolute atomic E-state index is 0.106. The molecule has 168 valence electrons. The summed E-state index contributed by atoms with van der Waals surface area (Å²) >= 11 is 3.16. The van der Waals surface area contributed by atoms with Gasteiger partial charge in [-0.05, 0) is 57.6 Å². The minimum Gasteiger partial charge on any atom is -0.287 e. The van der Waals surface area contributed by atoms with Crippen molar-refractivity contribution in [2.24, 2.45) is 4.99 Å². The van der Waals surface area contributed by atoms with Crippen molar-refractivity contribution in [1.82, 2.24) is 24.5 Å². The summed E-state index contributed by atoms with van der Waals surface area (Å²) in [6.45, 7) is 8.18. The highest BCUT2D eigenvalue weighted by molar-refractivity contribution is 8.14. The number of rotatable bonds is 6. The van der Waals surface area contributed by atoms with Crippen LogP contribution in [0.1, 0.15) is 42.3 Å². The van der Waals surface area contributed by atoms with Crippen LogP contribution >= 0.6 is 23.5 Å². The lowest BCUT2D eigenvalue weighted by Gasteiger charge is -2.23. The van der Waals surface area contributed by atoms with Gasteiger partial charge in [-0.3, -0.25) is 9.69 Å². The molecule has 0 radical (unpaired) electrons. The van der Waals surface area contributed by atoms with Crippen LogP contribution in [0.3, 0.4) is 0 Å². The lowest BCUT2D eigenvalue weighted by atomic mass is 10.1. The Morgan fingerprint density at radius 2 is 1.97 bits per heavy atom. The second-order valence-corrected chi connectivity index (χ2v) is 9.70. The fraction of sp³-hybridized carbons (Fsp3) is 0.435. The largest absolute Gasteiger partial charge is 0.287 e. The van der Waals surface area contributed by atoms with Gasteiger partial charge >= 0.3 is 0 Å². The van der Waals surface area contributed by atoms with Gasteiger partial charge in [0.25, 0.3) is 5.78 Å². The number of nitrogens with zero attached hydrogens (tertiary/aromatic N) is 6. The van der Waals surface area contributed by atoms with E-state index < -0.39 is 0 Å². The topological polar surface area (TPSA) is 75.8 Å². The van der Waals surface area contributed by atoms with Crippen LogP contribution in [0.4, 0.5) is 5.69 Å².